The molecule has 210 valence electrons. The normalized spacial score (nSPS) is 18.2. The lowest BCUT2D eigenvalue weighted by Crippen LogP contribution is -2.44. The number of β-amino-alcohol motifs (C(OH)–C–C–N with tert-alkyl or cyclic N) is 1. The highest BCUT2D eigenvalue weighted by atomic mass is 35.5. The molecule has 3 aromatic rings. The molecule has 0 saturated carbocycles. The fraction of sp³-hybridized carbons (Fsp3) is 0.250. The number of amides is 3. The van der Waals surface area contributed by atoms with Crippen molar-refractivity contribution in [3.05, 3.63) is 82.9 Å². The first-order valence-electron chi connectivity index (χ1n) is 12.3. The van der Waals surface area contributed by atoms with E-state index in [2.05, 4.69) is 10.6 Å². The van der Waals surface area contributed by atoms with E-state index in [0.717, 1.165) is 0 Å². The molecule has 0 aliphatic carbocycles. The smallest absolute Gasteiger partial charge is 0.335 e. The Balaban J connectivity index is 1.40. The molecule has 1 saturated heterocycles. The summed E-state index contributed by atoms with van der Waals surface area (Å²) in [5, 5.41) is 35.5. The number of carbonyl (C=O) groups excluding carboxylic acids is 2. The molecule has 12 heteroatoms. The van der Waals surface area contributed by atoms with Gasteiger partial charge in [0.2, 0.25) is 5.91 Å². The van der Waals surface area contributed by atoms with E-state index in [4.69, 9.17) is 26.2 Å². The average Bonchev–Trinajstić information content (AvgIpc) is 3.22. The lowest BCUT2D eigenvalue weighted by atomic mass is 10.1. The van der Waals surface area contributed by atoms with Crippen LogP contribution in [0.25, 0.3) is 0 Å². The number of aliphatic hydroxyl groups excluding tert-OH is 2. The Morgan fingerprint density at radius 1 is 1.00 bits per heavy atom. The van der Waals surface area contributed by atoms with Crippen LogP contribution in [0.3, 0.4) is 0 Å². The largest absolute Gasteiger partial charge is 0.495 e. The summed E-state index contributed by atoms with van der Waals surface area (Å²) in [6.07, 6.45) is -2.43. The van der Waals surface area contributed by atoms with Crippen LogP contribution in [-0.2, 0) is 11.2 Å². The van der Waals surface area contributed by atoms with E-state index in [1.807, 2.05) is 0 Å². The van der Waals surface area contributed by atoms with Crippen molar-refractivity contribution in [1.29, 1.82) is 0 Å². The molecule has 0 spiro atoms. The minimum absolute atomic E-state index is 0.0638. The number of nitrogens with one attached hydrogen (secondary N) is 2. The minimum atomic E-state index is -1.22. The first-order valence-corrected chi connectivity index (χ1v) is 12.6. The Morgan fingerprint density at radius 3 is 2.38 bits per heavy atom. The van der Waals surface area contributed by atoms with E-state index in [0.29, 0.717) is 33.5 Å². The summed E-state index contributed by atoms with van der Waals surface area (Å²) < 4.78 is 11.1. The van der Waals surface area contributed by atoms with Crippen molar-refractivity contribution in [2.45, 2.75) is 24.7 Å². The quantitative estimate of drug-likeness (QED) is 0.263. The van der Waals surface area contributed by atoms with Crippen LogP contribution in [0.2, 0.25) is 5.02 Å². The van der Waals surface area contributed by atoms with E-state index < -0.39 is 30.3 Å². The number of urea groups is 1. The van der Waals surface area contributed by atoms with E-state index in [9.17, 15) is 24.6 Å². The van der Waals surface area contributed by atoms with Crippen molar-refractivity contribution in [2.75, 3.05) is 30.9 Å². The number of likely N-dealkylation sites (tertiary alicyclic amines) is 1. The minimum Gasteiger partial charge on any atom is -0.495 e. The number of carboxylic acids is 1. The van der Waals surface area contributed by atoms with Gasteiger partial charge in [0.1, 0.15) is 24.2 Å². The predicted molar refractivity (Wildman–Crippen MR) is 147 cm³/mol. The molecule has 1 aliphatic rings. The molecule has 11 nitrogen and oxygen atoms in total. The first kappa shape index (κ1) is 28.7. The van der Waals surface area contributed by atoms with Crippen LogP contribution in [0.5, 0.6) is 11.5 Å². The summed E-state index contributed by atoms with van der Waals surface area (Å²) >= 11 is 6.09. The Morgan fingerprint density at radius 2 is 1.70 bits per heavy atom. The van der Waals surface area contributed by atoms with Crippen molar-refractivity contribution in [3.63, 3.8) is 0 Å². The number of para-hydroxylation sites is 1. The van der Waals surface area contributed by atoms with E-state index in [1.165, 1.54) is 36.3 Å². The van der Waals surface area contributed by atoms with Gasteiger partial charge in [0.15, 0.2) is 0 Å². The number of ether oxygens (including phenoxy) is 2. The highest BCUT2D eigenvalue weighted by Crippen LogP contribution is 2.28. The molecule has 0 bridgehead atoms. The van der Waals surface area contributed by atoms with Crippen molar-refractivity contribution >= 4 is 40.9 Å². The van der Waals surface area contributed by atoms with Crippen LogP contribution in [0.4, 0.5) is 16.2 Å². The number of aliphatic hydroxyl groups is 2. The van der Waals surface area contributed by atoms with Crippen molar-refractivity contribution in [2.24, 2.45) is 0 Å². The zero-order valence-electron chi connectivity index (χ0n) is 21.4. The lowest BCUT2D eigenvalue weighted by molar-refractivity contribution is -0.132. The number of hydrogen-bond donors (Lipinski definition) is 5. The maximum absolute atomic E-state index is 13.2. The molecule has 1 fully saturated rings. The Hall–Kier alpha value is -4.32. The van der Waals surface area contributed by atoms with Crippen LogP contribution in [0, 0.1) is 0 Å². The van der Waals surface area contributed by atoms with Gasteiger partial charge in [-0.2, -0.15) is 0 Å². The fourth-order valence-electron chi connectivity index (χ4n) is 4.30. The fourth-order valence-corrected chi connectivity index (χ4v) is 4.48. The lowest BCUT2D eigenvalue weighted by Gasteiger charge is -2.26. The zero-order chi connectivity index (χ0) is 28.8. The number of nitrogens with zero attached hydrogens (tertiary/aromatic N) is 1. The van der Waals surface area contributed by atoms with Crippen LogP contribution < -0.4 is 20.1 Å². The van der Waals surface area contributed by atoms with E-state index >= 15 is 0 Å². The van der Waals surface area contributed by atoms with E-state index in [-0.39, 0.29) is 31.0 Å². The number of benzene rings is 3. The van der Waals surface area contributed by atoms with Gasteiger partial charge in [-0.25, -0.2) is 9.59 Å². The van der Waals surface area contributed by atoms with Crippen LogP contribution >= 0.6 is 11.6 Å². The maximum atomic E-state index is 13.2. The molecule has 4 rings (SSSR count). The molecule has 5 N–H and O–H groups in total. The number of anilines is 2. The Kier molecular flexibility index (Phi) is 9.10. The third-order valence-electron chi connectivity index (χ3n) is 6.41. The van der Waals surface area contributed by atoms with Crippen LogP contribution in [0.15, 0.2) is 66.7 Å². The van der Waals surface area contributed by atoms with E-state index in [1.54, 1.807) is 42.5 Å². The van der Waals surface area contributed by atoms with Gasteiger partial charge in [-0.1, -0.05) is 29.8 Å². The highest BCUT2D eigenvalue weighted by Gasteiger charge is 2.42. The summed E-state index contributed by atoms with van der Waals surface area (Å²) in [7, 11) is 1.43. The number of carbonyl (C=O) groups is 3. The molecule has 0 aromatic heterocycles. The van der Waals surface area contributed by atoms with Crippen molar-refractivity contribution in [3.8, 4) is 11.5 Å². The summed E-state index contributed by atoms with van der Waals surface area (Å²) in [4.78, 5) is 38.0. The number of rotatable bonds is 9. The second-order valence-electron chi connectivity index (χ2n) is 9.08. The summed E-state index contributed by atoms with van der Waals surface area (Å²) in [5.41, 5.74) is 1.49. The van der Waals surface area contributed by atoms with Crippen molar-refractivity contribution < 1.29 is 39.2 Å². The molecule has 1 aliphatic heterocycles. The summed E-state index contributed by atoms with van der Waals surface area (Å²) in [5.74, 6) is -0.744. The Bertz CT molecular complexity index is 1380. The average molecular weight is 570 g/mol. The zero-order valence-corrected chi connectivity index (χ0v) is 22.2. The molecule has 3 atom stereocenters. The van der Waals surface area contributed by atoms with Gasteiger partial charge in [0.25, 0.3) is 0 Å². The highest BCUT2D eigenvalue weighted by molar-refractivity contribution is 6.33. The SMILES string of the molecule is COc1cc(CC(=O)N2C[C@@H](O)[C@H](O)[C@H]2COc2ccc(C(=O)O)cc2)ccc1NC(=O)Nc1ccccc1Cl. The number of halogens is 1. The second-order valence-corrected chi connectivity index (χ2v) is 9.49. The molecule has 40 heavy (non-hydrogen) atoms. The first-order chi connectivity index (χ1) is 19.2. The third kappa shape index (κ3) is 6.81. The van der Waals surface area contributed by atoms with Crippen LogP contribution in [-0.4, -0.2) is 76.6 Å². The van der Waals surface area contributed by atoms with Gasteiger partial charge in [0.05, 0.1) is 47.6 Å². The van der Waals surface area contributed by atoms with Gasteiger partial charge in [-0.05, 0) is 54.1 Å². The molecule has 3 amide bonds. The monoisotopic (exact) mass is 569 g/mol. The second kappa shape index (κ2) is 12.7. The van der Waals surface area contributed by atoms with Gasteiger partial charge in [0, 0.05) is 6.54 Å². The van der Waals surface area contributed by atoms with Gasteiger partial charge in [-0.15, -0.1) is 0 Å². The molecule has 1 heterocycles. The predicted octanol–water partition coefficient (Wildman–Crippen LogP) is 3.24. The molecular formula is C28H28ClN3O8. The van der Waals surface area contributed by atoms with Gasteiger partial charge < -0.3 is 40.3 Å². The molecule has 3 aromatic carbocycles. The number of aromatic carboxylic acids is 1. The topological polar surface area (TPSA) is 158 Å². The molecule has 0 radical (unpaired) electrons. The standard InChI is InChI=1S/C28H28ClN3O8/c1-39-24-12-16(6-11-21(24)31-28(38)30-20-5-3-2-4-19(20)29)13-25(34)32-14-23(33)26(35)22(32)15-40-18-9-7-17(8-10-18)27(36)37/h2-12,22-23,26,33,35H,13-15H2,1H3,(H,36,37)(H2,30,31,38)/t22-,23-,26-/m1/s1. The maximum Gasteiger partial charge on any atom is 0.335 e. The summed E-state index contributed by atoms with van der Waals surface area (Å²) in [6.45, 7) is -0.186. The molecular weight excluding hydrogens is 542 g/mol. The van der Waals surface area contributed by atoms with Crippen molar-refractivity contribution in [1.82, 2.24) is 4.90 Å². The third-order valence-corrected chi connectivity index (χ3v) is 6.74. The number of methoxy groups -OCH3 is 1. The molecule has 0 unspecified atom stereocenters. The number of carboxylic acid groups (broad SMARTS) is 1. The Labute approximate surface area is 234 Å². The van der Waals surface area contributed by atoms with Crippen LogP contribution in [0.1, 0.15) is 15.9 Å². The number of hydrogen-bond acceptors (Lipinski definition) is 7. The van der Waals surface area contributed by atoms with Gasteiger partial charge >= 0.3 is 12.0 Å². The van der Waals surface area contributed by atoms with Gasteiger partial charge in [-0.3, -0.25) is 4.79 Å². The summed E-state index contributed by atoms with van der Waals surface area (Å²) in [6, 6.07) is 16.0.